The molecule has 0 saturated carbocycles. The summed E-state index contributed by atoms with van der Waals surface area (Å²) >= 11 is 0. The molecule has 0 radical (unpaired) electrons. The third kappa shape index (κ3) is 4.99. The first-order chi connectivity index (χ1) is 8.28. The lowest BCUT2D eigenvalue weighted by atomic mass is 10.1. The molecule has 2 amide bonds. The van der Waals surface area contributed by atoms with Crippen LogP contribution in [0.15, 0.2) is 24.3 Å². The van der Waals surface area contributed by atoms with Crippen molar-refractivity contribution in [1.82, 2.24) is 10.6 Å². The van der Waals surface area contributed by atoms with Gasteiger partial charge in [0.2, 0.25) is 0 Å². The Labute approximate surface area is 108 Å². The molecule has 1 aromatic carbocycles. The number of benzene rings is 1. The molecule has 18 heavy (non-hydrogen) atoms. The van der Waals surface area contributed by atoms with Crippen LogP contribution in [0, 0.1) is 6.92 Å². The molecule has 0 aromatic heterocycles. The predicted molar refractivity (Wildman–Crippen MR) is 70.9 cm³/mol. The first-order valence-electron chi connectivity index (χ1n) is 5.94. The van der Waals surface area contributed by atoms with E-state index in [0.717, 1.165) is 11.1 Å². The second-order valence-corrected chi connectivity index (χ2v) is 5.37. The van der Waals surface area contributed by atoms with Gasteiger partial charge < -0.3 is 10.6 Å². The molecule has 0 aliphatic carbocycles. The van der Waals surface area contributed by atoms with E-state index in [2.05, 4.69) is 10.6 Å². The quantitative estimate of drug-likeness (QED) is 0.780. The molecular formula is C14H20N2O2. The molecular weight excluding hydrogens is 228 g/mol. The van der Waals surface area contributed by atoms with Gasteiger partial charge in [-0.3, -0.25) is 9.59 Å². The second-order valence-electron chi connectivity index (χ2n) is 5.37. The van der Waals surface area contributed by atoms with Crippen LogP contribution in [0.3, 0.4) is 0 Å². The number of hydrogen-bond acceptors (Lipinski definition) is 2. The highest BCUT2D eigenvalue weighted by Gasteiger charge is 2.19. The Morgan fingerprint density at radius 1 is 1.06 bits per heavy atom. The first-order valence-corrected chi connectivity index (χ1v) is 5.94. The Kier molecular flexibility index (Phi) is 4.48. The summed E-state index contributed by atoms with van der Waals surface area (Å²) in [7, 11) is 0. The summed E-state index contributed by atoms with van der Waals surface area (Å²) in [4.78, 5) is 23.0. The number of aryl methyl sites for hydroxylation is 1. The number of carbonyl (C=O) groups is 2. The van der Waals surface area contributed by atoms with Crippen LogP contribution >= 0.6 is 0 Å². The number of carbonyl (C=O) groups excluding carboxylic acids is 2. The Bertz CT molecular complexity index is 430. The van der Waals surface area contributed by atoms with Gasteiger partial charge in [0.15, 0.2) is 0 Å². The lowest BCUT2D eigenvalue weighted by Gasteiger charge is -2.19. The largest absolute Gasteiger partial charge is 0.344 e. The molecule has 0 fully saturated rings. The molecule has 0 aliphatic rings. The SMILES string of the molecule is Cc1ccc(CNC(=O)C(=O)NC(C)(C)C)cc1. The smallest absolute Gasteiger partial charge is 0.309 e. The van der Waals surface area contributed by atoms with Crippen LogP contribution in [0.2, 0.25) is 0 Å². The Hall–Kier alpha value is -1.84. The van der Waals surface area contributed by atoms with Gasteiger partial charge in [-0.25, -0.2) is 0 Å². The highest BCUT2D eigenvalue weighted by Crippen LogP contribution is 2.02. The van der Waals surface area contributed by atoms with E-state index in [0.29, 0.717) is 6.54 Å². The summed E-state index contributed by atoms with van der Waals surface area (Å²) < 4.78 is 0. The second kappa shape index (κ2) is 5.67. The number of nitrogens with one attached hydrogen (secondary N) is 2. The highest BCUT2D eigenvalue weighted by atomic mass is 16.2. The van der Waals surface area contributed by atoms with Gasteiger partial charge in [-0.1, -0.05) is 29.8 Å². The molecule has 98 valence electrons. The van der Waals surface area contributed by atoms with Crippen LogP contribution < -0.4 is 10.6 Å². The normalized spacial score (nSPS) is 10.9. The Balaban J connectivity index is 2.46. The minimum Gasteiger partial charge on any atom is -0.344 e. The number of hydrogen-bond donors (Lipinski definition) is 2. The zero-order valence-corrected chi connectivity index (χ0v) is 11.3. The van der Waals surface area contributed by atoms with E-state index >= 15 is 0 Å². The zero-order chi connectivity index (χ0) is 13.8. The maximum absolute atomic E-state index is 11.5. The van der Waals surface area contributed by atoms with E-state index in [1.54, 1.807) is 0 Å². The van der Waals surface area contributed by atoms with E-state index in [-0.39, 0.29) is 0 Å². The molecule has 4 heteroatoms. The van der Waals surface area contributed by atoms with Gasteiger partial charge in [-0.15, -0.1) is 0 Å². The van der Waals surface area contributed by atoms with E-state index in [4.69, 9.17) is 0 Å². The van der Waals surface area contributed by atoms with Crippen LogP contribution in [-0.4, -0.2) is 17.4 Å². The highest BCUT2D eigenvalue weighted by molar-refractivity contribution is 6.35. The van der Waals surface area contributed by atoms with E-state index in [1.165, 1.54) is 0 Å². The van der Waals surface area contributed by atoms with Crippen molar-refractivity contribution in [1.29, 1.82) is 0 Å². The third-order valence-corrected chi connectivity index (χ3v) is 2.27. The topological polar surface area (TPSA) is 58.2 Å². The third-order valence-electron chi connectivity index (χ3n) is 2.27. The molecule has 0 spiro atoms. The zero-order valence-electron chi connectivity index (χ0n) is 11.3. The monoisotopic (exact) mass is 248 g/mol. The average Bonchev–Trinajstić information content (AvgIpc) is 2.25. The van der Waals surface area contributed by atoms with E-state index in [1.807, 2.05) is 52.0 Å². The van der Waals surface area contributed by atoms with Crippen molar-refractivity contribution in [2.24, 2.45) is 0 Å². The molecule has 0 saturated heterocycles. The molecule has 1 rings (SSSR count). The van der Waals surface area contributed by atoms with Crippen LogP contribution in [-0.2, 0) is 16.1 Å². The molecule has 0 unspecified atom stereocenters. The summed E-state index contributed by atoms with van der Waals surface area (Å²) in [5, 5.41) is 5.20. The van der Waals surface area contributed by atoms with Gasteiger partial charge in [0.05, 0.1) is 0 Å². The Morgan fingerprint density at radius 2 is 1.61 bits per heavy atom. The molecule has 0 heterocycles. The minimum absolute atomic E-state index is 0.358. The van der Waals surface area contributed by atoms with Crippen LogP contribution in [0.1, 0.15) is 31.9 Å². The van der Waals surface area contributed by atoms with Crippen molar-refractivity contribution in [3.63, 3.8) is 0 Å². The van der Waals surface area contributed by atoms with Gasteiger partial charge >= 0.3 is 11.8 Å². The fourth-order valence-electron chi connectivity index (χ4n) is 1.37. The Morgan fingerprint density at radius 3 is 2.11 bits per heavy atom. The van der Waals surface area contributed by atoms with Crippen molar-refractivity contribution in [3.8, 4) is 0 Å². The fourth-order valence-corrected chi connectivity index (χ4v) is 1.37. The van der Waals surface area contributed by atoms with Crippen molar-refractivity contribution < 1.29 is 9.59 Å². The van der Waals surface area contributed by atoms with Crippen molar-refractivity contribution in [3.05, 3.63) is 35.4 Å². The summed E-state index contributed by atoms with van der Waals surface area (Å²) in [6.45, 7) is 7.85. The molecule has 0 atom stereocenters. The van der Waals surface area contributed by atoms with Crippen molar-refractivity contribution in [2.45, 2.75) is 39.8 Å². The summed E-state index contributed by atoms with van der Waals surface area (Å²) in [6, 6.07) is 7.79. The maximum Gasteiger partial charge on any atom is 0.309 e. The van der Waals surface area contributed by atoms with E-state index in [9.17, 15) is 9.59 Å². The molecule has 1 aromatic rings. The van der Waals surface area contributed by atoms with E-state index < -0.39 is 17.4 Å². The first kappa shape index (κ1) is 14.2. The summed E-state index contributed by atoms with van der Waals surface area (Å²) in [5.74, 6) is -1.21. The van der Waals surface area contributed by atoms with Crippen LogP contribution in [0.25, 0.3) is 0 Å². The standard InChI is InChI=1S/C14H20N2O2/c1-10-5-7-11(8-6-10)9-15-12(17)13(18)16-14(2,3)4/h5-8H,9H2,1-4H3,(H,15,17)(H,16,18). The van der Waals surface area contributed by atoms with Crippen molar-refractivity contribution >= 4 is 11.8 Å². The van der Waals surface area contributed by atoms with Crippen LogP contribution in [0.5, 0.6) is 0 Å². The number of amides is 2. The summed E-state index contributed by atoms with van der Waals surface area (Å²) in [5.41, 5.74) is 1.73. The van der Waals surface area contributed by atoms with Gasteiger partial charge in [-0.2, -0.15) is 0 Å². The van der Waals surface area contributed by atoms with Gasteiger partial charge in [0.1, 0.15) is 0 Å². The average molecular weight is 248 g/mol. The molecule has 4 nitrogen and oxygen atoms in total. The van der Waals surface area contributed by atoms with Gasteiger partial charge in [0, 0.05) is 12.1 Å². The fraction of sp³-hybridized carbons (Fsp3) is 0.429. The molecule has 2 N–H and O–H groups in total. The summed E-state index contributed by atoms with van der Waals surface area (Å²) in [6.07, 6.45) is 0. The molecule has 0 aliphatic heterocycles. The van der Waals surface area contributed by atoms with Gasteiger partial charge in [-0.05, 0) is 33.3 Å². The van der Waals surface area contributed by atoms with Crippen molar-refractivity contribution in [2.75, 3.05) is 0 Å². The van der Waals surface area contributed by atoms with Crippen LogP contribution in [0.4, 0.5) is 0 Å². The minimum atomic E-state index is -0.606. The lowest BCUT2D eigenvalue weighted by molar-refractivity contribution is -0.140. The maximum atomic E-state index is 11.5. The van der Waals surface area contributed by atoms with Gasteiger partial charge in [0.25, 0.3) is 0 Å². The lowest BCUT2D eigenvalue weighted by Crippen LogP contribution is -2.48. The number of rotatable bonds is 2. The predicted octanol–water partition coefficient (Wildman–Crippen LogP) is 1.53. The molecule has 0 bridgehead atoms.